The Balaban J connectivity index is 1.92. The maximum absolute atomic E-state index is 13.0. The molecule has 0 saturated heterocycles. The first-order valence-corrected chi connectivity index (χ1v) is 8.23. The van der Waals surface area contributed by atoms with Crippen LogP contribution in [-0.4, -0.2) is 26.1 Å². The zero-order valence-corrected chi connectivity index (χ0v) is 14.1. The highest BCUT2D eigenvalue weighted by Gasteiger charge is 2.20. The molecule has 2 aromatic heterocycles. The molecule has 0 bridgehead atoms. The first kappa shape index (κ1) is 16.6. The van der Waals surface area contributed by atoms with E-state index >= 15 is 0 Å². The lowest BCUT2D eigenvalue weighted by molar-refractivity contribution is 0.104. The Kier molecular flexibility index (Phi) is 4.18. The number of phenols is 1. The third kappa shape index (κ3) is 2.95. The summed E-state index contributed by atoms with van der Waals surface area (Å²) < 4.78 is 0. The molecule has 2 aromatic carbocycles. The van der Waals surface area contributed by atoms with Gasteiger partial charge in [0.15, 0.2) is 11.4 Å². The Morgan fingerprint density at radius 2 is 1.85 bits per heavy atom. The normalized spacial score (nSPS) is 10.8. The molecule has 132 valence electrons. The van der Waals surface area contributed by atoms with Gasteiger partial charge in [0, 0.05) is 22.7 Å². The molecule has 2 heterocycles. The SMILES string of the molecule is O=NCc1ccccc1-c1cnnc2[nH]cc(C(=O)c3ccc(O)cc3)c12. The molecule has 27 heavy (non-hydrogen) atoms. The van der Waals surface area contributed by atoms with Crippen molar-refractivity contribution in [1.82, 2.24) is 15.2 Å². The van der Waals surface area contributed by atoms with Crippen LogP contribution in [0.1, 0.15) is 21.5 Å². The smallest absolute Gasteiger partial charge is 0.195 e. The number of hydrogen-bond donors (Lipinski definition) is 2. The van der Waals surface area contributed by atoms with E-state index in [-0.39, 0.29) is 18.1 Å². The molecule has 4 rings (SSSR count). The molecule has 7 nitrogen and oxygen atoms in total. The predicted octanol–water partition coefficient (Wildman–Crippen LogP) is 3.83. The summed E-state index contributed by atoms with van der Waals surface area (Å²) in [4.78, 5) is 26.8. The summed E-state index contributed by atoms with van der Waals surface area (Å²) in [6.45, 7) is 0.0195. The highest BCUT2D eigenvalue weighted by Crippen LogP contribution is 2.33. The number of benzene rings is 2. The van der Waals surface area contributed by atoms with E-state index in [2.05, 4.69) is 20.4 Å². The van der Waals surface area contributed by atoms with Crippen molar-refractivity contribution in [3.63, 3.8) is 0 Å². The van der Waals surface area contributed by atoms with Gasteiger partial charge in [0.2, 0.25) is 0 Å². The molecule has 0 atom stereocenters. The first-order valence-electron chi connectivity index (χ1n) is 8.23. The molecule has 0 radical (unpaired) electrons. The number of phenolic OH excluding ortho intramolecular Hbond substituents is 1. The van der Waals surface area contributed by atoms with Gasteiger partial charge in [-0.3, -0.25) is 4.79 Å². The molecule has 0 unspecified atom stereocenters. The van der Waals surface area contributed by atoms with Crippen molar-refractivity contribution in [3.8, 4) is 16.9 Å². The average molecular weight is 358 g/mol. The van der Waals surface area contributed by atoms with E-state index in [1.54, 1.807) is 24.5 Å². The number of carbonyl (C=O) groups excluding carboxylic acids is 1. The van der Waals surface area contributed by atoms with Gasteiger partial charge in [-0.1, -0.05) is 29.4 Å². The van der Waals surface area contributed by atoms with Crippen LogP contribution in [0.5, 0.6) is 5.75 Å². The van der Waals surface area contributed by atoms with Crippen LogP contribution in [0.3, 0.4) is 0 Å². The summed E-state index contributed by atoms with van der Waals surface area (Å²) in [7, 11) is 0. The Morgan fingerprint density at radius 3 is 2.63 bits per heavy atom. The van der Waals surface area contributed by atoms with Gasteiger partial charge >= 0.3 is 0 Å². The van der Waals surface area contributed by atoms with Crippen LogP contribution in [0.15, 0.2) is 66.1 Å². The van der Waals surface area contributed by atoms with Crippen molar-refractivity contribution in [2.45, 2.75) is 6.54 Å². The highest BCUT2D eigenvalue weighted by molar-refractivity contribution is 6.18. The molecule has 0 saturated carbocycles. The average Bonchev–Trinajstić information content (AvgIpc) is 3.13. The lowest BCUT2D eigenvalue weighted by Gasteiger charge is -2.09. The van der Waals surface area contributed by atoms with E-state index < -0.39 is 0 Å². The number of nitroso groups, excluding NO2 is 1. The molecule has 7 heteroatoms. The van der Waals surface area contributed by atoms with E-state index in [1.807, 2.05) is 24.3 Å². The van der Waals surface area contributed by atoms with Crippen LogP contribution in [0.4, 0.5) is 0 Å². The molecule has 4 aromatic rings. The minimum atomic E-state index is -0.207. The highest BCUT2D eigenvalue weighted by atomic mass is 16.3. The van der Waals surface area contributed by atoms with Crippen molar-refractivity contribution in [3.05, 3.63) is 82.5 Å². The second-order valence-electron chi connectivity index (χ2n) is 6.00. The third-order valence-electron chi connectivity index (χ3n) is 4.39. The summed E-state index contributed by atoms with van der Waals surface area (Å²) in [5.41, 5.74) is 3.57. The van der Waals surface area contributed by atoms with Crippen LogP contribution in [-0.2, 0) is 6.54 Å². The molecule has 2 N–H and O–H groups in total. The van der Waals surface area contributed by atoms with Gasteiger partial charge in [0.25, 0.3) is 0 Å². The van der Waals surface area contributed by atoms with Crippen molar-refractivity contribution < 1.29 is 9.90 Å². The third-order valence-corrected chi connectivity index (χ3v) is 4.39. The molecule has 0 amide bonds. The molecule has 0 aliphatic carbocycles. The largest absolute Gasteiger partial charge is 0.508 e. The number of nitrogens with zero attached hydrogens (tertiary/aromatic N) is 3. The number of H-pyrrole nitrogens is 1. The molecular formula is C20H14N4O3. The maximum Gasteiger partial charge on any atom is 0.195 e. The number of rotatable bonds is 5. The van der Waals surface area contributed by atoms with E-state index in [0.717, 1.165) is 11.1 Å². The van der Waals surface area contributed by atoms with Crippen LogP contribution in [0.2, 0.25) is 0 Å². The first-order chi connectivity index (χ1) is 13.2. The zero-order valence-electron chi connectivity index (χ0n) is 14.1. The van der Waals surface area contributed by atoms with Crippen molar-refractivity contribution in [1.29, 1.82) is 0 Å². The van der Waals surface area contributed by atoms with Crippen LogP contribution in [0, 0.1) is 4.91 Å². The zero-order chi connectivity index (χ0) is 18.8. The number of carbonyl (C=O) groups is 1. The van der Waals surface area contributed by atoms with Gasteiger partial charge in [-0.2, -0.15) is 10.0 Å². The second-order valence-corrected chi connectivity index (χ2v) is 6.00. The fourth-order valence-electron chi connectivity index (χ4n) is 3.11. The van der Waals surface area contributed by atoms with Gasteiger partial charge < -0.3 is 10.1 Å². The Bertz CT molecular complexity index is 1150. The van der Waals surface area contributed by atoms with Crippen molar-refractivity contribution >= 4 is 16.8 Å². The molecule has 0 fully saturated rings. The standard InChI is InChI=1S/C20H14N4O3/c25-14-7-5-12(6-8-14)19(26)17-10-21-20-18(17)16(11-22-24-20)15-4-2-1-3-13(15)9-23-27/h1-8,10-11,25H,9H2,(H,21,24). The minimum Gasteiger partial charge on any atom is -0.508 e. The monoisotopic (exact) mass is 358 g/mol. The fraction of sp³-hybridized carbons (Fsp3) is 0.0500. The Morgan fingerprint density at radius 1 is 1.07 bits per heavy atom. The van der Waals surface area contributed by atoms with E-state index in [9.17, 15) is 14.8 Å². The van der Waals surface area contributed by atoms with Gasteiger partial charge in [-0.25, -0.2) is 0 Å². The quantitative estimate of drug-likeness (QED) is 0.416. The Labute approximate surface area is 153 Å². The van der Waals surface area contributed by atoms with Gasteiger partial charge in [0.05, 0.1) is 11.8 Å². The lowest BCUT2D eigenvalue weighted by atomic mass is 9.95. The van der Waals surface area contributed by atoms with Crippen LogP contribution < -0.4 is 0 Å². The van der Waals surface area contributed by atoms with Gasteiger partial charge in [-0.15, -0.1) is 5.10 Å². The summed E-state index contributed by atoms with van der Waals surface area (Å²) >= 11 is 0. The number of aromatic amines is 1. The van der Waals surface area contributed by atoms with Gasteiger partial charge in [-0.05, 0) is 35.4 Å². The lowest BCUT2D eigenvalue weighted by Crippen LogP contribution is -2.01. The molecule has 0 aliphatic rings. The Hall–Kier alpha value is -3.87. The molecular weight excluding hydrogens is 344 g/mol. The van der Waals surface area contributed by atoms with Crippen molar-refractivity contribution in [2.24, 2.45) is 5.18 Å². The number of fused-ring (bicyclic) bond motifs is 1. The molecule has 0 spiro atoms. The van der Waals surface area contributed by atoms with E-state index in [0.29, 0.717) is 27.7 Å². The summed E-state index contributed by atoms with van der Waals surface area (Å²) in [6.07, 6.45) is 3.17. The number of hydrogen-bond acceptors (Lipinski definition) is 6. The summed E-state index contributed by atoms with van der Waals surface area (Å²) in [5.74, 6) is -0.117. The maximum atomic E-state index is 13.0. The number of aromatic hydroxyl groups is 1. The van der Waals surface area contributed by atoms with E-state index in [4.69, 9.17) is 0 Å². The molecule has 0 aliphatic heterocycles. The predicted molar refractivity (Wildman–Crippen MR) is 100 cm³/mol. The number of ketones is 1. The van der Waals surface area contributed by atoms with Crippen LogP contribution in [0.25, 0.3) is 22.2 Å². The number of aromatic nitrogens is 3. The second kappa shape index (κ2) is 6.80. The van der Waals surface area contributed by atoms with Gasteiger partial charge in [0.1, 0.15) is 12.3 Å². The van der Waals surface area contributed by atoms with Crippen LogP contribution >= 0.6 is 0 Å². The van der Waals surface area contributed by atoms with Crippen molar-refractivity contribution in [2.75, 3.05) is 0 Å². The summed E-state index contributed by atoms with van der Waals surface area (Å²) in [6, 6.07) is 13.4. The topological polar surface area (TPSA) is 108 Å². The minimum absolute atomic E-state index is 0.0195. The van der Waals surface area contributed by atoms with E-state index in [1.165, 1.54) is 12.1 Å². The number of nitrogens with one attached hydrogen (secondary N) is 1. The summed E-state index contributed by atoms with van der Waals surface area (Å²) in [5, 5.41) is 21.1. The fourth-order valence-corrected chi connectivity index (χ4v) is 3.11.